The molecular formula is C28H18ClN5O3S. The fourth-order valence-electron chi connectivity index (χ4n) is 4.02. The van der Waals surface area contributed by atoms with Crippen molar-refractivity contribution >= 4 is 39.9 Å². The van der Waals surface area contributed by atoms with Gasteiger partial charge in [0, 0.05) is 29.3 Å². The molecule has 0 spiro atoms. The zero-order valence-electron chi connectivity index (χ0n) is 19.9. The Labute approximate surface area is 225 Å². The van der Waals surface area contributed by atoms with Gasteiger partial charge in [-0.2, -0.15) is 14.6 Å². The lowest BCUT2D eigenvalue weighted by Crippen LogP contribution is -2.23. The number of rotatable bonds is 5. The van der Waals surface area contributed by atoms with Crippen LogP contribution < -0.4 is 14.8 Å². The van der Waals surface area contributed by atoms with Crippen LogP contribution in [0.1, 0.15) is 12.5 Å². The van der Waals surface area contributed by atoms with Crippen LogP contribution in [0.15, 0.2) is 89.9 Å². The SMILES string of the molecule is CC(=O)Oc1ccccc1-c1nc2s/c(=C\c3cn(-c4ccccc4)nc3-c3ccc(Cl)cc3)c(=O)n2n1. The monoisotopic (exact) mass is 539 g/mol. The fraction of sp³-hybridized carbons (Fsp3) is 0.0357. The Hall–Kier alpha value is -4.60. The molecule has 0 amide bonds. The summed E-state index contributed by atoms with van der Waals surface area (Å²) in [6.45, 7) is 1.33. The van der Waals surface area contributed by atoms with Gasteiger partial charge in [0.05, 0.1) is 15.8 Å². The zero-order valence-corrected chi connectivity index (χ0v) is 21.5. The fourth-order valence-corrected chi connectivity index (χ4v) is 5.05. The van der Waals surface area contributed by atoms with Gasteiger partial charge in [0.25, 0.3) is 5.56 Å². The van der Waals surface area contributed by atoms with E-state index in [2.05, 4.69) is 10.1 Å². The minimum absolute atomic E-state index is 0.301. The van der Waals surface area contributed by atoms with Gasteiger partial charge in [-0.1, -0.05) is 65.4 Å². The average molecular weight is 540 g/mol. The molecule has 0 radical (unpaired) electrons. The second-order valence-electron chi connectivity index (χ2n) is 8.36. The van der Waals surface area contributed by atoms with E-state index in [1.165, 1.54) is 22.8 Å². The van der Waals surface area contributed by atoms with Crippen molar-refractivity contribution in [2.75, 3.05) is 0 Å². The van der Waals surface area contributed by atoms with E-state index in [0.29, 0.717) is 37.3 Å². The molecule has 10 heteroatoms. The number of hydrogen-bond acceptors (Lipinski definition) is 7. The lowest BCUT2D eigenvalue weighted by molar-refractivity contribution is -0.131. The molecule has 38 heavy (non-hydrogen) atoms. The maximum absolute atomic E-state index is 13.3. The summed E-state index contributed by atoms with van der Waals surface area (Å²) in [6, 6.07) is 24.1. The van der Waals surface area contributed by atoms with Crippen molar-refractivity contribution in [1.82, 2.24) is 24.4 Å². The average Bonchev–Trinajstić information content (AvgIpc) is 3.60. The van der Waals surface area contributed by atoms with Crippen molar-refractivity contribution in [1.29, 1.82) is 0 Å². The Morgan fingerprint density at radius 1 is 0.974 bits per heavy atom. The number of halogens is 1. The molecule has 6 aromatic rings. The van der Waals surface area contributed by atoms with Crippen molar-refractivity contribution < 1.29 is 9.53 Å². The molecule has 0 saturated carbocycles. The maximum atomic E-state index is 13.3. The smallest absolute Gasteiger partial charge is 0.308 e. The molecule has 0 atom stereocenters. The van der Waals surface area contributed by atoms with Crippen LogP contribution >= 0.6 is 22.9 Å². The highest BCUT2D eigenvalue weighted by Gasteiger charge is 2.17. The van der Waals surface area contributed by atoms with Crippen LogP contribution in [-0.4, -0.2) is 30.3 Å². The topological polar surface area (TPSA) is 91.4 Å². The highest BCUT2D eigenvalue weighted by atomic mass is 35.5. The van der Waals surface area contributed by atoms with Crippen molar-refractivity contribution in [3.8, 4) is 34.1 Å². The Morgan fingerprint density at radius 3 is 2.45 bits per heavy atom. The first-order valence-corrected chi connectivity index (χ1v) is 12.8. The van der Waals surface area contributed by atoms with E-state index < -0.39 is 5.97 Å². The molecule has 0 bridgehead atoms. The molecular weight excluding hydrogens is 522 g/mol. The Balaban J connectivity index is 1.46. The number of fused-ring (bicyclic) bond motifs is 1. The van der Waals surface area contributed by atoms with Crippen LogP contribution in [0.5, 0.6) is 5.75 Å². The molecule has 0 saturated heterocycles. The summed E-state index contributed by atoms with van der Waals surface area (Å²) in [5.41, 5.74) is 3.45. The molecule has 3 aromatic heterocycles. The van der Waals surface area contributed by atoms with E-state index in [-0.39, 0.29) is 5.56 Å². The predicted molar refractivity (Wildman–Crippen MR) is 147 cm³/mol. The van der Waals surface area contributed by atoms with E-state index in [1.54, 1.807) is 47.2 Å². The molecule has 0 unspecified atom stereocenters. The second-order valence-corrected chi connectivity index (χ2v) is 9.80. The van der Waals surface area contributed by atoms with Gasteiger partial charge >= 0.3 is 5.97 Å². The highest BCUT2D eigenvalue weighted by molar-refractivity contribution is 7.15. The third-order valence-corrected chi connectivity index (χ3v) is 6.94. The minimum Gasteiger partial charge on any atom is -0.426 e. The first-order valence-electron chi connectivity index (χ1n) is 11.6. The third-order valence-electron chi connectivity index (χ3n) is 5.73. The summed E-state index contributed by atoms with van der Waals surface area (Å²) in [5, 5.41) is 9.84. The number of hydrogen-bond donors (Lipinski definition) is 0. The van der Waals surface area contributed by atoms with Gasteiger partial charge in [0.2, 0.25) is 4.96 Å². The summed E-state index contributed by atoms with van der Waals surface area (Å²) >= 11 is 7.32. The van der Waals surface area contributed by atoms with Gasteiger partial charge in [0.15, 0.2) is 5.82 Å². The maximum Gasteiger partial charge on any atom is 0.308 e. The van der Waals surface area contributed by atoms with Crippen LogP contribution in [0.2, 0.25) is 5.02 Å². The van der Waals surface area contributed by atoms with Crippen LogP contribution in [0.25, 0.3) is 39.4 Å². The number of aromatic nitrogens is 5. The summed E-state index contributed by atoms with van der Waals surface area (Å²) in [5.74, 6) is 0.182. The van der Waals surface area contributed by atoms with Crippen LogP contribution in [0.3, 0.4) is 0 Å². The van der Waals surface area contributed by atoms with Crippen molar-refractivity contribution in [2.45, 2.75) is 6.92 Å². The number of carbonyl (C=O) groups excluding carboxylic acids is 1. The summed E-state index contributed by atoms with van der Waals surface area (Å²) in [7, 11) is 0. The minimum atomic E-state index is -0.451. The van der Waals surface area contributed by atoms with E-state index >= 15 is 0 Å². The first-order chi connectivity index (χ1) is 18.5. The van der Waals surface area contributed by atoms with Crippen molar-refractivity contribution in [2.24, 2.45) is 0 Å². The summed E-state index contributed by atoms with van der Waals surface area (Å²) < 4.78 is 8.78. The number of carbonyl (C=O) groups is 1. The van der Waals surface area contributed by atoms with Crippen molar-refractivity contribution in [3.63, 3.8) is 0 Å². The van der Waals surface area contributed by atoms with Crippen molar-refractivity contribution in [3.05, 3.63) is 111 Å². The Morgan fingerprint density at radius 2 is 1.71 bits per heavy atom. The summed E-state index contributed by atoms with van der Waals surface area (Å²) in [4.78, 5) is 29.8. The number of thiazole rings is 1. The van der Waals surface area contributed by atoms with Gasteiger partial charge in [-0.05, 0) is 42.5 Å². The molecule has 0 fully saturated rings. The number of benzene rings is 3. The van der Waals surface area contributed by atoms with Gasteiger partial charge in [-0.25, -0.2) is 4.68 Å². The molecule has 186 valence electrons. The molecule has 3 aromatic carbocycles. The first kappa shape index (κ1) is 23.8. The van der Waals surface area contributed by atoms with Gasteiger partial charge < -0.3 is 4.74 Å². The highest BCUT2D eigenvalue weighted by Crippen LogP contribution is 2.28. The number of esters is 1. The number of para-hydroxylation sites is 2. The van der Waals surface area contributed by atoms with Crippen LogP contribution in [-0.2, 0) is 4.79 Å². The standard InChI is InChI=1S/C28H18ClN5O3S/c1-17(35)37-23-10-6-5-9-22(23)26-30-28-34(32-26)27(36)24(38-28)15-19-16-33(21-7-3-2-4-8-21)31-25(19)18-11-13-20(29)14-12-18/h2-16H,1H3/b24-15-. The second kappa shape index (κ2) is 9.70. The normalized spacial score (nSPS) is 11.8. The molecule has 3 heterocycles. The van der Waals surface area contributed by atoms with E-state index in [0.717, 1.165) is 16.8 Å². The number of nitrogens with zero attached hydrogens (tertiary/aromatic N) is 5. The lowest BCUT2D eigenvalue weighted by Gasteiger charge is -2.04. The van der Waals surface area contributed by atoms with Gasteiger partial charge in [0.1, 0.15) is 11.4 Å². The lowest BCUT2D eigenvalue weighted by atomic mass is 10.1. The molecule has 0 aliphatic rings. The van der Waals surface area contributed by atoms with Gasteiger partial charge in [-0.15, -0.1) is 5.10 Å². The largest absolute Gasteiger partial charge is 0.426 e. The van der Waals surface area contributed by atoms with Crippen LogP contribution in [0, 0.1) is 0 Å². The summed E-state index contributed by atoms with van der Waals surface area (Å²) in [6.07, 6.45) is 3.68. The van der Waals surface area contributed by atoms with Gasteiger partial charge in [-0.3, -0.25) is 9.59 Å². The Bertz CT molecular complexity index is 1910. The molecule has 8 nitrogen and oxygen atoms in total. The Kier molecular flexibility index (Phi) is 6.07. The quantitative estimate of drug-likeness (QED) is 0.231. The third kappa shape index (κ3) is 4.49. The van der Waals surface area contributed by atoms with Crippen LogP contribution in [0.4, 0.5) is 0 Å². The predicted octanol–water partition coefficient (Wildman–Crippen LogP) is 4.80. The molecule has 0 aliphatic heterocycles. The molecule has 0 aliphatic carbocycles. The zero-order chi connectivity index (χ0) is 26.2. The van der Waals surface area contributed by atoms with E-state index in [1.807, 2.05) is 48.7 Å². The number of ether oxygens (including phenoxy) is 1. The molecule has 6 rings (SSSR count). The van der Waals surface area contributed by atoms with E-state index in [4.69, 9.17) is 21.4 Å². The molecule has 0 N–H and O–H groups in total. The van der Waals surface area contributed by atoms with E-state index in [9.17, 15) is 9.59 Å².